The van der Waals surface area contributed by atoms with Gasteiger partial charge in [0.15, 0.2) is 0 Å². The summed E-state index contributed by atoms with van der Waals surface area (Å²) in [5.41, 5.74) is 3.51. The van der Waals surface area contributed by atoms with Crippen LogP contribution in [0, 0.1) is 6.92 Å². The van der Waals surface area contributed by atoms with E-state index < -0.39 is 0 Å². The number of benzene rings is 1. The topological polar surface area (TPSA) is 24.9 Å². The van der Waals surface area contributed by atoms with Crippen molar-refractivity contribution in [3.8, 4) is 0 Å². The van der Waals surface area contributed by atoms with E-state index in [1.54, 1.807) is 0 Å². The first kappa shape index (κ1) is 13.4. The zero-order valence-electron chi connectivity index (χ0n) is 11.2. The third kappa shape index (κ3) is 3.03. The molecule has 0 aliphatic carbocycles. The molecule has 0 bridgehead atoms. The van der Waals surface area contributed by atoms with Gasteiger partial charge in [-0.15, -0.1) is 0 Å². The van der Waals surface area contributed by atoms with Gasteiger partial charge in [0.1, 0.15) is 0 Å². The van der Waals surface area contributed by atoms with Crippen LogP contribution < -0.4 is 5.32 Å². The maximum atomic E-state index is 4.54. The number of pyridine rings is 1. The Hall–Kier alpha value is -1.06. The molecule has 0 saturated heterocycles. The number of rotatable bonds is 5. The Morgan fingerprint density at radius 1 is 1.28 bits per heavy atom. The van der Waals surface area contributed by atoms with E-state index in [2.05, 4.69) is 46.9 Å². The number of aryl methyl sites for hydroxylation is 1. The number of nitrogens with one attached hydrogen (secondary N) is 1. The average molecular weight is 260 g/mol. The first-order valence-corrected chi connectivity index (χ1v) is 7.67. The van der Waals surface area contributed by atoms with E-state index in [1.807, 2.05) is 25.7 Å². The molecule has 1 aromatic heterocycles. The molecule has 0 spiro atoms. The number of nitrogens with zero attached hydrogens (tertiary/aromatic N) is 1. The Morgan fingerprint density at radius 2 is 2.11 bits per heavy atom. The SMILES string of the molecule is CNC(CCSC)c1ccc2nc(C)ccc2c1. The molecule has 0 aliphatic heterocycles. The van der Waals surface area contributed by atoms with Crippen LogP contribution in [-0.2, 0) is 0 Å². The lowest BCUT2D eigenvalue weighted by Crippen LogP contribution is -2.17. The van der Waals surface area contributed by atoms with E-state index in [0.29, 0.717) is 6.04 Å². The number of hydrogen-bond donors (Lipinski definition) is 1. The fourth-order valence-corrected chi connectivity index (χ4v) is 2.65. The van der Waals surface area contributed by atoms with Crippen molar-refractivity contribution in [1.82, 2.24) is 10.3 Å². The van der Waals surface area contributed by atoms with Crippen LogP contribution in [0.4, 0.5) is 0 Å². The predicted molar refractivity (Wildman–Crippen MR) is 81.3 cm³/mol. The number of fused-ring (bicyclic) bond motifs is 1. The van der Waals surface area contributed by atoms with Crippen LogP contribution in [0.15, 0.2) is 30.3 Å². The normalized spacial score (nSPS) is 12.8. The van der Waals surface area contributed by atoms with Gasteiger partial charge >= 0.3 is 0 Å². The van der Waals surface area contributed by atoms with Gasteiger partial charge in [0.05, 0.1) is 5.52 Å². The molecular weight excluding hydrogens is 240 g/mol. The van der Waals surface area contributed by atoms with Crippen molar-refractivity contribution in [2.75, 3.05) is 19.1 Å². The van der Waals surface area contributed by atoms with Gasteiger partial charge in [0.2, 0.25) is 0 Å². The molecular formula is C15H20N2S. The van der Waals surface area contributed by atoms with Crippen molar-refractivity contribution in [3.63, 3.8) is 0 Å². The molecule has 1 heterocycles. The minimum Gasteiger partial charge on any atom is -0.313 e. The van der Waals surface area contributed by atoms with Crippen LogP contribution in [0.2, 0.25) is 0 Å². The van der Waals surface area contributed by atoms with Crippen molar-refractivity contribution >= 4 is 22.7 Å². The van der Waals surface area contributed by atoms with E-state index in [0.717, 1.165) is 17.6 Å². The summed E-state index contributed by atoms with van der Waals surface area (Å²) in [5, 5.41) is 4.62. The molecule has 3 heteroatoms. The lowest BCUT2D eigenvalue weighted by atomic mass is 10.0. The Morgan fingerprint density at radius 3 is 2.83 bits per heavy atom. The largest absolute Gasteiger partial charge is 0.313 e. The van der Waals surface area contributed by atoms with E-state index in [1.165, 1.54) is 16.7 Å². The lowest BCUT2D eigenvalue weighted by molar-refractivity contribution is 0.582. The molecule has 2 rings (SSSR count). The third-order valence-electron chi connectivity index (χ3n) is 3.21. The average Bonchev–Trinajstić information content (AvgIpc) is 2.39. The van der Waals surface area contributed by atoms with Crippen LogP contribution in [0.25, 0.3) is 10.9 Å². The van der Waals surface area contributed by atoms with Crippen molar-refractivity contribution in [3.05, 3.63) is 41.6 Å². The summed E-state index contributed by atoms with van der Waals surface area (Å²) in [5.74, 6) is 1.18. The molecule has 1 unspecified atom stereocenters. The van der Waals surface area contributed by atoms with Crippen LogP contribution in [-0.4, -0.2) is 24.0 Å². The van der Waals surface area contributed by atoms with Gasteiger partial charge in [-0.25, -0.2) is 0 Å². The highest BCUT2D eigenvalue weighted by Gasteiger charge is 2.09. The molecule has 18 heavy (non-hydrogen) atoms. The third-order valence-corrected chi connectivity index (χ3v) is 3.86. The van der Waals surface area contributed by atoms with Gasteiger partial charge in [-0.1, -0.05) is 12.1 Å². The van der Waals surface area contributed by atoms with Gasteiger partial charge in [0.25, 0.3) is 0 Å². The summed E-state index contributed by atoms with van der Waals surface area (Å²) < 4.78 is 0. The molecule has 0 fully saturated rings. The molecule has 0 aliphatic rings. The summed E-state index contributed by atoms with van der Waals surface area (Å²) in [6.45, 7) is 2.03. The molecule has 1 atom stereocenters. The highest BCUT2D eigenvalue weighted by molar-refractivity contribution is 7.98. The number of aromatic nitrogens is 1. The number of thioether (sulfide) groups is 1. The van der Waals surface area contributed by atoms with Gasteiger partial charge in [-0.2, -0.15) is 11.8 Å². The fourth-order valence-electron chi connectivity index (χ4n) is 2.18. The summed E-state index contributed by atoms with van der Waals surface area (Å²) in [7, 11) is 2.03. The first-order chi connectivity index (χ1) is 8.74. The van der Waals surface area contributed by atoms with E-state index in [-0.39, 0.29) is 0 Å². The zero-order chi connectivity index (χ0) is 13.0. The smallest absolute Gasteiger partial charge is 0.0705 e. The summed E-state index contributed by atoms with van der Waals surface area (Å²) >= 11 is 1.89. The van der Waals surface area contributed by atoms with Crippen molar-refractivity contribution < 1.29 is 0 Å². The minimum atomic E-state index is 0.433. The molecule has 0 amide bonds. The second-order valence-electron chi connectivity index (χ2n) is 4.53. The molecule has 0 radical (unpaired) electrons. The monoisotopic (exact) mass is 260 g/mol. The quantitative estimate of drug-likeness (QED) is 0.890. The minimum absolute atomic E-state index is 0.433. The van der Waals surface area contributed by atoms with E-state index in [4.69, 9.17) is 0 Å². The maximum Gasteiger partial charge on any atom is 0.0705 e. The van der Waals surface area contributed by atoms with Gasteiger partial charge in [0, 0.05) is 17.1 Å². The van der Waals surface area contributed by atoms with Crippen LogP contribution >= 0.6 is 11.8 Å². The Labute approximate surface area is 113 Å². The Kier molecular flexibility index (Phi) is 4.61. The van der Waals surface area contributed by atoms with Crippen molar-refractivity contribution in [2.24, 2.45) is 0 Å². The first-order valence-electron chi connectivity index (χ1n) is 6.28. The van der Waals surface area contributed by atoms with Crippen LogP contribution in [0.3, 0.4) is 0 Å². The molecule has 96 valence electrons. The van der Waals surface area contributed by atoms with Crippen LogP contribution in [0.1, 0.15) is 23.7 Å². The maximum absolute atomic E-state index is 4.54. The highest BCUT2D eigenvalue weighted by Crippen LogP contribution is 2.22. The van der Waals surface area contributed by atoms with E-state index >= 15 is 0 Å². The molecule has 0 saturated carbocycles. The van der Waals surface area contributed by atoms with E-state index in [9.17, 15) is 0 Å². The summed E-state index contributed by atoms with van der Waals surface area (Å²) in [4.78, 5) is 4.54. The van der Waals surface area contributed by atoms with Gasteiger partial charge < -0.3 is 5.32 Å². The second-order valence-corrected chi connectivity index (χ2v) is 5.51. The number of hydrogen-bond acceptors (Lipinski definition) is 3. The Bertz CT molecular complexity index is 525. The molecule has 2 aromatic rings. The van der Waals surface area contributed by atoms with Gasteiger partial charge in [-0.3, -0.25) is 4.98 Å². The lowest BCUT2D eigenvalue weighted by Gasteiger charge is -2.16. The molecule has 2 nitrogen and oxygen atoms in total. The molecule has 1 N–H and O–H groups in total. The zero-order valence-corrected chi connectivity index (χ0v) is 12.1. The fraction of sp³-hybridized carbons (Fsp3) is 0.400. The molecule has 1 aromatic carbocycles. The predicted octanol–water partition coefficient (Wildman–Crippen LogP) is 3.56. The second kappa shape index (κ2) is 6.21. The summed E-state index contributed by atoms with van der Waals surface area (Å²) in [6.07, 6.45) is 3.31. The van der Waals surface area contributed by atoms with Crippen molar-refractivity contribution in [2.45, 2.75) is 19.4 Å². The van der Waals surface area contributed by atoms with Gasteiger partial charge in [-0.05, 0) is 56.2 Å². The summed E-state index contributed by atoms with van der Waals surface area (Å²) in [6, 6.07) is 11.2. The standard InChI is InChI=1S/C15H20N2S/c1-11-4-5-13-10-12(6-7-15(13)17-11)14(16-2)8-9-18-3/h4-7,10,14,16H,8-9H2,1-3H3. The highest BCUT2D eigenvalue weighted by atomic mass is 32.2. The van der Waals surface area contributed by atoms with Crippen molar-refractivity contribution in [1.29, 1.82) is 0 Å². The van der Waals surface area contributed by atoms with Crippen LogP contribution in [0.5, 0.6) is 0 Å². The Balaban J connectivity index is 2.30.